The Labute approximate surface area is 148 Å². The van der Waals surface area contributed by atoms with E-state index in [-0.39, 0.29) is 5.91 Å². The molecule has 2 atom stereocenters. The SMILES string of the molecule is CC(=O)Nc1ccc(CCN2C[C@H]3COc4ccccc4[C@@H]3C2)cc1. The number of ether oxygens (including phenoxy) is 1. The molecule has 1 saturated heterocycles. The van der Waals surface area contributed by atoms with Gasteiger partial charge in [0, 0.05) is 44.1 Å². The van der Waals surface area contributed by atoms with Crippen molar-refractivity contribution in [2.75, 3.05) is 31.6 Å². The van der Waals surface area contributed by atoms with Crippen molar-refractivity contribution in [1.82, 2.24) is 4.90 Å². The van der Waals surface area contributed by atoms with Gasteiger partial charge in [-0.25, -0.2) is 0 Å². The third-order valence-electron chi connectivity index (χ3n) is 5.28. The molecule has 1 amide bonds. The number of anilines is 1. The van der Waals surface area contributed by atoms with Crippen LogP contribution in [0.25, 0.3) is 0 Å². The molecule has 4 rings (SSSR count). The van der Waals surface area contributed by atoms with Gasteiger partial charge in [0.05, 0.1) is 6.61 Å². The zero-order chi connectivity index (χ0) is 17.2. The topological polar surface area (TPSA) is 41.6 Å². The number of nitrogens with one attached hydrogen (secondary N) is 1. The van der Waals surface area contributed by atoms with E-state index in [9.17, 15) is 4.79 Å². The van der Waals surface area contributed by atoms with Crippen molar-refractivity contribution in [2.24, 2.45) is 5.92 Å². The van der Waals surface area contributed by atoms with Gasteiger partial charge in [0.25, 0.3) is 0 Å². The Kier molecular flexibility index (Phi) is 4.45. The van der Waals surface area contributed by atoms with E-state index in [1.54, 1.807) is 0 Å². The highest BCUT2D eigenvalue weighted by atomic mass is 16.5. The summed E-state index contributed by atoms with van der Waals surface area (Å²) in [7, 11) is 0. The van der Waals surface area contributed by atoms with Gasteiger partial charge in [0.2, 0.25) is 5.91 Å². The highest BCUT2D eigenvalue weighted by Gasteiger charge is 2.38. The standard InChI is InChI=1S/C21H24N2O2/c1-15(24)22-18-8-6-16(7-9-18)10-11-23-12-17-14-25-21-5-3-2-4-19(21)20(17)13-23/h2-9,17,20H,10-14H2,1H3,(H,22,24)/t17-,20+/m0/s1. The maximum absolute atomic E-state index is 11.1. The molecule has 1 fully saturated rings. The average Bonchev–Trinajstić information content (AvgIpc) is 3.04. The fourth-order valence-corrected chi connectivity index (χ4v) is 4.02. The van der Waals surface area contributed by atoms with Crippen LogP contribution in [0.2, 0.25) is 0 Å². The summed E-state index contributed by atoms with van der Waals surface area (Å²) in [5.74, 6) is 2.25. The molecular formula is C21H24N2O2. The predicted octanol–water partition coefficient (Wildman–Crippen LogP) is 3.30. The molecule has 4 nitrogen and oxygen atoms in total. The lowest BCUT2D eigenvalue weighted by Gasteiger charge is -2.27. The van der Waals surface area contributed by atoms with Gasteiger partial charge in [-0.3, -0.25) is 4.79 Å². The van der Waals surface area contributed by atoms with Crippen molar-refractivity contribution in [1.29, 1.82) is 0 Å². The second-order valence-corrected chi connectivity index (χ2v) is 7.10. The first kappa shape index (κ1) is 16.2. The lowest BCUT2D eigenvalue weighted by atomic mass is 9.87. The summed E-state index contributed by atoms with van der Waals surface area (Å²) >= 11 is 0. The summed E-state index contributed by atoms with van der Waals surface area (Å²) in [6.07, 6.45) is 1.03. The van der Waals surface area contributed by atoms with Gasteiger partial charge in [-0.05, 0) is 35.7 Å². The maximum Gasteiger partial charge on any atom is 0.221 e. The van der Waals surface area contributed by atoms with E-state index in [1.165, 1.54) is 18.1 Å². The summed E-state index contributed by atoms with van der Waals surface area (Å²) in [5, 5.41) is 2.81. The molecule has 0 bridgehead atoms. The van der Waals surface area contributed by atoms with E-state index < -0.39 is 0 Å². The molecule has 4 heteroatoms. The third-order valence-corrected chi connectivity index (χ3v) is 5.28. The third kappa shape index (κ3) is 3.54. The Morgan fingerprint density at radius 2 is 1.96 bits per heavy atom. The van der Waals surface area contributed by atoms with E-state index in [4.69, 9.17) is 4.74 Å². The zero-order valence-corrected chi connectivity index (χ0v) is 14.6. The lowest BCUT2D eigenvalue weighted by molar-refractivity contribution is -0.114. The zero-order valence-electron chi connectivity index (χ0n) is 14.6. The van der Waals surface area contributed by atoms with Crippen LogP contribution >= 0.6 is 0 Å². The molecular weight excluding hydrogens is 312 g/mol. The molecule has 130 valence electrons. The fraction of sp³-hybridized carbons (Fsp3) is 0.381. The maximum atomic E-state index is 11.1. The number of likely N-dealkylation sites (tertiary alicyclic amines) is 1. The molecule has 0 radical (unpaired) electrons. The van der Waals surface area contributed by atoms with E-state index >= 15 is 0 Å². The summed E-state index contributed by atoms with van der Waals surface area (Å²) in [6.45, 7) is 5.67. The van der Waals surface area contributed by atoms with Crippen LogP contribution < -0.4 is 10.1 Å². The minimum absolute atomic E-state index is 0.0325. The number of benzene rings is 2. The second-order valence-electron chi connectivity index (χ2n) is 7.10. The number of carbonyl (C=O) groups excluding carboxylic acids is 1. The van der Waals surface area contributed by atoms with E-state index in [1.807, 2.05) is 12.1 Å². The number of fused-ring (bicyclic) bond motifs is 3. The molecule has 2 aromatic rings. The normalized spacial score (nSPS) is 22.0. The first-order valence-corrected chi connectivity index (χ1v) is 8.99. The van der Waals surface area contributed by atoms with Gasteiger partial charge >= 0.3 is 0 Å². The quantitative estimate of drug-likeness (QED) is 0.931. The Hall–Kier alpha value is -2.33. The molecule has 0 saturated carbocycles. The summed E-state index contributed by atoms with van der Waals surface area (Å²) in [5.41, 5.74) is 3.54. The number of carbonyl (C=O) groups is 1. The van der Waals surface area contributed by atoms with Crippen molar-refractivity contribution >= 4 is 11.6 Å². The highest BCUT2D eigenvalue weighted by molar-refractivity contribution is 5.88. The highest BCUT2D eigenvalue weighted by Crippen LogP contribution is 2.41. The second kappa shape index (κ2) is 6.89. The predicted molar refractivity (Wildman–Crippen MR) is 99.1 cm³/mol. The molecule has 0 spiro atoms. The van der Waals surface area contributed by atoms with Crippen LogP contribution in [0.3, 0.4) is 0 Å². The molecule has 0 unspecified atom stereocenters. The van der Waals surface area contributed by atoms with Crippen LogP contribution in [0.15, 0.2) is 48.5 Å². The number of hydrogen-bond donors (Lipinski definition) is 1. The smallest absolute Gasteiger partial charge is 0.221 e. The molecule has 0 aromatic heterocycles. The first-order chi connectivity index (χ1) is 12.2. The van der Waals surface area contributed by atoms with Gasteiger partial charge in [-0.15, -0.1) is 0 Å². The Morgan fingerprint density at radius 1 is 1.16 bits per heavy atom. The van der Waals surface area contributed by atoms with Gasteiger partial charge < -0.3 is 15.0 Å². The Bertz CT molecular complexity index is 757. The molecule has 25 heavy (non-hydrogen) atoms. The van der Waals surface area contributed by atoms with Crippen LogP contribution in [0.5, 0.6) is 5.75 Å². The number of para-hydroxylation sites is 1. The van der Waals surface area contributed by atoms with Gasteiger partial charge in [-0.2, -0.15) is 0 Å². The van der Waals surface area contributed by atoms with Gasteiger partial charge in [0.1, 0.15) is 5.75 Å². The molecule has 2 aromatic carbocycles. The summed E-state index contributed by atoms with van der Waals surface area (Å²) < 4.78 is 5.93. The van der Waals surface area contributed by atoms with Crippen LogP contribution in [0.4, 0.5) is 5.69 Å². The van der Waals surface area contributed by atoms with E-state index in [0.717, 1.165) is 44.1 Å². The van der Waals surface area contributed by atoms with Crippen molar-refractivity contribution in [3.05, 3.63) is 59.7 Å². The van der Waals surface area contributed by atoms with Crippen LogP contribution in [-0.4, -0.2) is 37.0 Å². The van der Waals surface area contributed by atoms with E-state index in [2.05, 4.69) is 46.6 Å². The summed E-state index contributed by atoms with van der Waals surface area (Å²) in [6, 6.07) is 16.6. The Morgan fingerprint density at radius 3 is 2.76 bits per heavy atom. The minimum Gasteiger partial charge on any atom is -0.493 e. The van der Waals surface area contributed by atoms with Crippen molar-refractivity contribution in [3.63, 3.8) is 0 Å². The molecule has 2 heterocycles. The Balaban J connectivity index is 1.35. The van der Waals surface area contributed by atoms with Crippen LogP contribution in [0.1, 0.15) is 24.0 Å². The van der Waals surface area contributed by atoms with Gasteiger partial charge in [0.15, 0.2) is 0 Å². The average molecular weight is 336 g/mol. The molecule has 1 N–H and O–H groups in total. The minimum atomic E-state index is -0.0325. The summed E-state index contributed by atoms with van der Waals surface area (Å²) in [4.78, 5) is 13.6. The molecule has 2 aliphatic rings. The first-order valence-electron chi connectivity index (χ1n) is 8.99. The number of nitrogens with zero attached hydrogens (tertiary/aromatic N) is 1. The van der Waals surface area contributed by atoms with Crippen LogP contribution in [-0.2, 0) is 11.2 Å². The van der Waals surface area contributed by atoms with Crippen LogP contribution in [0, 0.1) is 5.92 Å². The number of rotatable bonds is 4. The van der Waals surface area contributed by atoms with Gasteiger partial charge in [-0.1, -0.05) is 30.3 Å². The number of hydrogen-bond acceptors (Lipinski definition) is 3. The van der Waals surface area contributed by atoms with Crippen molar-refractivity contribution in [3.8, 4) is 5.75 Å². The monoisotopic (exact) mass is 336 g/mol. The fourth-order valence-electron chi connectivity index (χ4n) is 4.02. The largest absolute Gasteiger partial charge is 0.493 e. The molecule has 0 aliphatic carbocycles. The van der Waals surface area contributed by atoms with Crippen molar-refractivity contribution in [2.45, 2.75) is 19.3 Å². The molecule has 2 aliphatic heterocycles. The number of amides is 1. The van der Waals surface area contributed by atoms with Crippen molar-refractivity contribution < 1.29 is 9.53 Å². The van der Waals surface area contributed by atoms with E-state index in [0.29, 0.717) is 11.8 Å². The lowest BCUT2D eigenvalue weighted by Crippen LogP contribution is -2.25.